The molecule has 2 aromatic rings. The molecule has 0 amide bonds. The number of hydrogen-bond donors (Lipinski definition) is 0. The lowest BCUT2D eigenvalue weighted by Gasteiger charge is -2.04. The van der Waals surface area contributed by atoms with Crippen molar-refractivity contribution in [2.75, 3.05) is 7.11 Å². The normalized spacial score (nSPS) is 10.4. The van der Waals surface area contributed by atoms with Gasteiger partial charge in [-0.05, 0) is 23.3 Å². The minimum absolute atomic E-state index is 0.211. The van der Waals surface area contributed by atoms with E-state index >= 15 is 0 Å². The zero-order valence-electron chi connectivity index (χ0n) is 12.2. The molecule has 4 nitrogen and oxygen atoms in total. The van der Waals surface area contributed by atoms with Crippen LogP contribution in [-0.4, -0.2) is 19.0 Å². The van der Waals surface area contributed by atoms with Gasteiger partial charge in [0.05, 0.1) is 12.7 Å². The highest BCUT2D eigenvalue weighted by atomic mass is 16.5. The van der Waals surface area contributed by atoms with Gasteiger partial charge in [0.2, 0.25) is 0 Å². The van der Waals surface area contributed by atoms with E-state index < -0.39 is 11.9 Å². The van der Waals surface area contributed by atoms with Crippen molar-refractivity contribution in [3.05, 3.63) is 77.4 Å². The van der Waals surface area contributed by atoms with Gasteiger partial charge < -0.3 is 9.47 Å². The lowest BCUT2D eigenvalue weighted by molar-refractivity contribution is -0.138. The van der Waals surface area contributed by atoms with Gasteiger partial charge in [-0.3, -0.25) is 0 Å². The summed E-state index contributed by atoms with van der Waals surface area (Å²) in [5.74, 6) is -0.915. The quantitative estimate of drug-likeness (QED) is 0.628. The van der Waals surface area contributed by atoms with Crippen LogP contribution in [0, 0.1) is 0 Å². The number of benzene rings is 2. The summed E-state index contributed by atoms with van der Waals surface area (Å²) >= 11 is 0. The van der Waals surface area contributed by atoms with E-state index in [0.29, 0.717) is 11.1 Å². The average molecular weight is 296 g/mol. The van der Waals surface area contributed by atoms with Gasteiger partial charge in [-0.2, -0.15) is 0 Å². The van der Waals surface area contributed by atoms with E-state index in [0.717, 1.165) is 5.56 Å². The fraction of sp³-hybridized carbons (Fsp3) is 0.111. The van der Waals surface area contributed by atoms with Gasteiger partial charge in [-0.15, -0.1) is 0 Å². The van der Waals surface area contributed by atoms with Crippen molar-refractivity contribution < 1.29 is 19.1 Å². The SMILES string of the molecule is COC(=O)c1ccccc1/C=C/C(=O)OCc1ccccc1. The Hall–Kier alpha value is -2.88. The molecule has 4 heteroatoms. The first kappa shape index (κ1) is 15.5. The second kappa shape index (κ2) is 7.78. The van der Waals surface area contributed by atoms with E-state index in [9.17, 15) is 9.59 Å². The van der Waals surface area contributed by atoms with Crippen molar-refractivity contribution in [2.24, 2.45) is 0 Å². The third kappa shape index (κ3) is 4.31. The highest BCUT2D eigenvalue weighted by Crippen LogP contribution is 2.12. The summed E-state index contributed by atoms with van der Waals surface area (Å²) in [6.45, 7) is 0.211. The summed E-state index contributed by atoms with van der Waals surface area (Å²) in [6, 6.07) is 16.3. The Labute approximate surface area is 129 Å². The second-order valence-corrected chi connectivity index (χ2v) is 4.51. The Morgan fingerprint density at radius 1 is 1.00 bits per heavy atom. The molecule has 0 aliphatic carbocycles. The second-order valence-electron chi connectivity index (χ2n) is 4.51. The lowest BCUT2D eigenvalue weighted by Crippen LogP contribution is -2.04. The van der Waals surface area contributed by atoms with Gasteiger partial charge in [0.25, 0.3) is 0 Å². The molecule has 0 aromatic heterocycles. The van der Waals surface area contributed by atoms with Crippen LogP contribution in [0.15, 0.2) is 60.7 Å². The minimum Gasteiger partial charge on any atom is -0.465 e. The molecule has 0 atom stereocenters. The van der Waals surface area contributed by atoms with Crippen molar-refractivity contribution in [1.29, 1.82) is 0 Å². The Bertz CT molecular complexity index is 674. The molecule has 22 heavy (non-hydrogen) atoms. The van der Waals surface area contributed by atoms with Crippen molar-refractivity contribution in [1.82, 2.24) is 0 Å². The Kier molecular flexibility index (Phi) is 5.49. The molecule has 0 saturated heterocycles. The summed E-state index contributed by atoms with van der Waals surface area (Å²) in [7, 11) is 1.32. The highest BCUT2D eigenvalue weighted by molar-refractivity contribution is 5.95. The summed E-state index contributed by atoms with van der Waals surface area (Å²) in [5, 5.41) is 0. The van der Waals surface area contributed by atoms with E-state index in [4.69, 9.17) is 9.47 Å². The average Bonchev–Trinajstić information content (AvgIpc) is 2.58. The molecule has 2 rings (SSSR count). The molecule has 112 valence electrons. The zero-order valence-corrected chi connectivity index (χ0v) is 12.2. The standard InChI is InChI=1S/C18H16O4/c1-21-18(20)16-10-6-5-9-15(16)11-12-17(19)22-13-14-7-3-2-4-8-14/h2-12H,13H2,1H3/b12-11+. The monoisotopic (exact) mass is 296 g/mol. The van der Waals surface area contributed by atoms with Gasteiger partial charge in [-0.1, -0.05) is 48.5 Å². The molecule has 0 saturated carbocycles. The fourth-order valence-corrected chi connectivity index (χ4v) is 1.87. The molecule has 0 aliphatic rings. The molecular weight excluding hydrogens is 280 g/mol. The van der Waals surface area contributed by atoms with E-state index in [2.05, 4.69) is 0 Å². The number of carbonyl (C=O) groups is 2. The number of ether oxygens (including phenoxy) is 2. The van der Waals surface area contributed by atoms with Crippen LogP contribution >= 0.6 is 0 Å². The van der Waals surface area contributed by atoms with Crippen LogP contribution in [0.3, 0.4) is 0 Å². The molecule has 0 N–H and O–H groups in total. The Morgan fingerprint density at radius 3 is 2.41 bits per heavy atom. The van der Waals surface area contributed by atoms with Crippen LogP contribution < -0.4 is 0 Å². The summed E-state index contributed by atoms with van der Waals surface area (Å²) in [6.07, 6.45) is 2.84. The molecule has 0 bridgehead atoms. The van der Waals surface area contributed by atoms with Crippen LogP contribution in [0.5, 0.6) is 0 Å². The first-order valence-electron chi connectivity index (χ1n) is 6.77. The van der Waals surface area contributed by atoms with Gasteiger partial charge >= 0.3 is 11.9 Å². The molecule has 0 radical (unpaired) electrons. The minimum atomic E-state index is -0.469. The summed E-state index contributed by atoms with van der Waals surface area (Å²) in [4.78, 5) is 23.3. The molecule has 0 unspecified atom stereocenters. The molecule has 2 aromatic carbocycles. The first-order valence-corrected chi connectivity index (χ1v) is 6.77. The number of rotatable bonds is 5. The molecule has 0 spiro atoms. The van der Waals surface area contributed by atoms with Crippen molar-refractivity contribution in [3.63, 3.8) is 0 Å². The third-order valence-electron chi connectivity index (χ3n) is 2.99. The lowest BCUT2D eigenvalue weighted by atomic mass is 10.1. The largest absolute Gasteiger partial charge is 0.465 e. The van der Waals surface area contributed by atoms with Crippen LogP contribution in [0.2, 0.25) is 0 Å². The van der Waals surface area contributed by atoms with E-state index in [1.54, 1.807) is 30.3 Å². The highest BCUT2D eigenvalue weighted by Gasteiger charge is 2.09. The van der Waals surface area contributed by atoms with E-state index in [1.165, 1.54) is 13.2 Å². The topological polar surface area (TPSA) is 52.6 Å². The van der Waals surface area contributed by atoms with Crippen LogP contribution in [-0.2, 0) is 20.9 Å². The van der Waals surface area contributed by atoms with Crippen LogP contribution in [0.1, 0.15) is 21.5 Å². The van der Waals surface area contributed by atoms with Gasteiger partial charge in [-0.25, -0.2) is 9.59 Å². The molecule has 0 aliphatic heterocycles. The third-order valence-corrected chi connectivity index (χ3v) is 2.99. The Balaban J connectivity index is 2.00. The van der Waals surface area contributed by atoms with Crippen molar-refractivity contribution in [3.8, 4) is 0 Å². The van der Waals surface area contributed by atoms with Crippen LogP contribution in [0.4, 0.5) is 0 Å². The number of methoxy groups -OCH3 is 1. The van der Waals surface area contributed by atoms with Crippen molar-refractivity contribution >= 4 is 18.0 Å². The predicted molar refractivity (Wildman–Crippen MR) is 83.1 cm³/mol. The van der Waals surface area contributed by atoms with Crippen molar-refractivity contribution in [2.45, 2.75) is 6.61 Å². The zero-order chi connectivity index (χ0) is 15.8. The fourth-order valence-electron chi connectivity index (χ4n) is 1.87. The molecule has 0 heterocycles. The Morgan fingerprint density at radius 2 is 1.68 bits per heavy atom. The maximum atomic E-state index is 11.7. The first-order chi connectivity index (χ1) is 10.7. The molecular formula is C18H16O4. The van der Waals surface area contributed by atoms with E-state index in [1.807, 2.05) is 30.3 Å². The van der Waals surface area contributed by atoms with E-state index in [-0.39, 0.29) is 6.61 Å². The smallest absolute Gasteiger partial charge is 0.338 e. The summed E-state index contributed by atoms with van der Waals surface area (Å²) in [5.41, 5.74) is 1.92. The number of hydrogen-bond acceptors (Lipinski definition) is 4. The maximum Gasteiger partial charge on any atom is 0.338 e. The van der Waals surface area contributed by atoms with Gasteiger partial charge in [0.15, 0.2) is 0 Å². The predicted octanol–water partition coefficient (Wildman–Crippen LogP) is 3.23. The number of carbonyl (C=O) groups excluding carboxylic acids is 2. The summed E-state index contributed by atoms with van der Waals surface area (Å²) < 4.78 is 9.83. The van der Waals surface area contributed by atoms with Crippen LogP contribution in [0.25, 0.3) is 6.08 Å². The van der Waals surface area contributed by atoms with Gasteiger partial charge in [0, 0.05) is 6.08 Å². The maximum absolute atomic E-state index is 11.7. The van der Waals surface area contributed by atoms with Gasteiger partial charge in [0.1, 0.15) is 6.61 Å². The number of esters is 2. The molecule has 0 fully saturated rings.